The van der Waals surface area contributed by atoms with Crippen molar-refractivity contribution in [1.29, 1.82) is 0 Å². The molecule has 1 saturated heterocycles. The first-order valence-corrected chi connectivity index (χ1v) is 6.52. The summed E-state index contributed by atoms with van der Waals surface area (Å²) in [5, 5.41) is 22.3. The lowest BCUT2D eigenvalue weighted by molar-refractivity contribution is -0.139. The van der Waals surface area contributed by atoms with E-state index >= 15 is 0 Å². The molecule has 0 saturated carbocycles. The average Bonchev–Trinajstić information content (AvgIpc) is 2.86. The Kier molecular flexibility index (Phi) is 4.63. The van der Waals surface area contributed by atoms with Crippen molar-refractivity contribution < 1.29 is 19.7 Å². The van der Waals surface area contributed by atoms with Crippen molar-refractivity contribution >= 4 is 17.6 Å². The Morgan fingerprint density at radius 2 is 2.37 bits per heavy atom. The van der Waals surface area contributed by atoms with Crippen molar-refractivity contribution in [3.63, 3.8) is 0 Å². The molecule has 1 aliphatic rings. The van der Waals surface area contributed by atoms with Gasteiger partial charge in [0.25, 0.3) is 0 Å². The quantitative estimate of drug-likeness (QED) is 0.770. The summed E-state index contributed by atoms with van der Waals surface area (Å²) in [6, 6.07) is 3.36. The van der Waals surface area contributed by atoms with Gasteiger partial charge in [-0.25, -0.2) is 0 Å². The molecule has 0 aromatic heterocycles. The van der Waals surface area contributed by atoms with Crippen molar-refractivity contribution in [3.8, 4) is 5.75 Å². The van der Waals surface area contributed by atoms with Crippen LogP contribution in [0.3, 0.4) is 0 Å². The first-order chi connectivity index (χ1) is 9.08. The highest BCUT2D eigenvalue weighted by molar-refractivity contribution is 6.30. The average molecular weight is 286 g/mol. The van der Waals surface area contributed by atoms with Crippen LogP contribution in [0.25, 0.3) is 0 Å². The maximum absolute atomic E-state index is 11.3. The third kappa shape index (κ3) is 3.59. The van der Waals surface area contributed by atoms with Gasteiger partial charge in [-0.2, -0.15) is 0 Å². The Hall–Kier alpha value is -1.30. The summed E-state index contributed by atoms with van der Waals surface area (Å²) in [5.41, 5.74) is 0.262. The number of phenols is 1. The number of ether oxygens (including phenoxy) is 1. The Bertz CT molecular complexity index is 460. The summed E-state index contributed by atoms with van der Waals surface area (Å²) in [7, 11) is 0. The van der Waals surface area contributed by atoms with Crippen molar-refractivity contribution in [3.05, 3.63) is 28.8 Å². The predicted octanol–water partition coefficient (Wildman–Crippen LogP) is 1.94. The minimum Gasteiger partial charge on any atom is -0.508 e. The van der Waals surface area contributed by atoms with Gasteiger partial charge in [0.2, 0.25) is 0 Å². The molecule has 0 radical (unpaired) electrons. The molecule has 0 amide bonds. The molecular formula is C13H16ClNO4. The maximum Gasteiger partial charge on any atom is 0.325 e. The van der Waals surface area contributed by atoms with E-state index in [4.69, 9.17) is 16.3 Å². The zero-order chi connectivity index (χ0) is 13.8. The van der Waals surface area contributed by atoms with Crippen LogP contribution in [0.5, 0.6) is 5.75 Å². The molecule has 2 rings (SSSR count). The first kappa shape index (κ1) is 14.1. The molecule has 2 atom stereocenters. The second-order valence-corrected chi connectivity index (χ2v) is 4.95. The standard InChI is InChI=1S/C13H16ClNO4/c14-8-3-4-11(16)10(6-8)12(13(17)18)15-7-9-2-1-5-19-9/h3-4,6,9,12,15-16H,1-2,5,7H2,(H,17,18). The topological polar surface area (TPSA) is 78.8 Å². The molecule has 104 valence electrons. The van der Waals surface area contributed by atoms with Crippen molar-refractivity contribution in [2.24, 2.45) is 0 Å². The molecule has 1 aromatic rings. The van der Waals surface area contributed by atoms with E-state index in [9.17, 15) is 15.0 Å². The summed E-state index contributed by atoms with van der Waals surface area (Å²) in [6.07, 6.45) is 1.94. The molecule has 0 aliphatic carbocycles. The van der Waals surface area contributed by atoms with Crippen LogP contribution in [0, 0.1) is 0 Å². The van der Waals surface area contributed by atoms with Gasteiger partial charge >= 0.3 is 5.97 Å². The zero-order valence-corrected chi connectivity index (χ0v) is 11.1. The molecule has 1 aliphatic heterocycles. The number of halogens is 1. The third-order valence-corrected chi connectivity index (χ3v) is 3.36. The number of benzene rings is 1. The highest BCUT2D eigenvalue weighted by Gasteiger charge is 2.25. The second kappa shape index (κ2) is 6.23. The van der Waals surface area contributed by atoms with Crippen LogP contribution in [0.15, 0.2) is 18.2 Å². The van der Waals surface area contributed by atoms with Gasteiger partial charge in [-0.15, -0.1) is 0 Å². The number of aliphatic carboxylic acids is 1. The molecule has 1 aromatic carbocycles. The molecule has 1 fully saturated rings. The molecule has 6 heteroatoms. The molecule has 0 spiro atoms. The third-order valence-electron chi connectivity index (χ3n) is 3.12. The van der Waals surface area contributed by atoms with Gasteiger partial charge in [-0.1, -0.05) is 11.6 Å². The lowest BCUT2D eigenvalue weighted by Crippen LogP contribution is -2.34. The van der Waals surface area contributed by atoms with E-state index in [1.165, 1.54) is 18.2 Å². The fourth-order valence-corrected chi connectivity index (χ4v) is 2.32. The highest BCUT2D eigenvalue weighted by atomic mass is 35.5. The number of phenolic OH excluding ortho intramolecular Hbond substituents is 1. The number of hydrogen-bond acceptors (Lipinski definition) is 4. The van der Waals surface area contributed by atoms with Crippen molar-refractivity contribution in [2.45, 2.75) is 25.0 Å². The Morgan fingerprint density at radius 1 is 1.58 bits per heavy atom. The second-order valence-electron chi connectivity index (χ2n) is 4.52. The van der Waals surface area contributed by atoms with Crippen LogP contribution in [0.2, 0.25) is 5.02 Å². The first-order valence-electron chi connectivity index (χ1n) is 6.14. The fraction of sp³-hybridized carbons (Fsp3) is 0.462. The molecule has 5 nitrogen and oxygen atoms in total. The van der Waals surface area contributed by atoms with E-state index in [1.54, 1.807) is 0 Å². The van der Waals surface area contributed by atoms with Crippen LogP contribution < -0.4 is 5.32 Å². The normalized spacial score (nSPS) is 20.4. The number of hydrogen-bond donors (Lipinski definition) is 3. The van der Waals surface area contributed by atoms with E-state index in [1.807, 2.05) is 0 Å². The predicted molar refractivity (Wildman–Crippen MR) is 70.5 cm³/mol. The van der Waals surface area contributed by atoms with E-state index < -0.39 is 12.0 Å². The van der Waals surface area contributed by atoms with Gasteiger partial charge in [-0.05, 0) is 31.0 Å². The summed E-state index contributed by atoms with van der Waals surface area (Å²) < 4.78 is 5.43. The Morgan fingerprint density at radius 3 is 3.00 bits per heavy atom. The van der Waals surface area contributed by atoms with Gasteiger partial charge in [0.1, 0.15) is 11.8 Å². The summed E-state index contributed by atoms with van der Waals surface area (Å²) in [6.45, 7) is 1.15. The Balaban J connectivity index is 2.10. The largest absolute Gasteiger partial charge is 0.508 e. The van der Waals surface area contributed by atoms with Crippen molar-refractivity contribution in [2.75, 3.05) is 13.2 Å². The summed E-state index contributed by atoms with van der Waals surface area (Å²) in [5.74, 6) is -1.15. The van der Waals surface area contributed by atoms with E-state index in [-0.39, 0.29) is 17.4 Å². The number of carboxylic acids is 1. The molecule has 0 bridgehead atoms. The van der Waals surface area contributed by atoms with Gasteiger partial charge < -0.3 is 14.9 Å². The van der Waals surface area contributed by atoms with E-state index in [0.29, 0.717) is 18.2 Å². The Labute approximate surface area is 116 Å². The lowest BCUT2D eigenvalue weighted by Gasteiger charge is -2.18. The van der Waals surface area contributed by atoms with Gasteiger partial charge in [0, 0.05) is 23.7 Å². The van der Waals surface area contributed by atoms with Crippen LogP contribution in [-0.2, 0) is 9.53 Å². The number of carbonyl (C=O) groups is 1. The minimum atomic E-state index is -1.06. The number of rotatable bonds is 5. The number of nitrogens with one attached hydrogen (secondary N) is 1. The number of carboxylic acid groups (broad SMARTS) is 1. The van der Waals surface area contributed by atoms with Crippen LogP contribution in [0.4, 0.5) is 0 Å². The summed E-state index contributed by atoms with van der Waals surface area (Å²) >= 11 is 5.84. The SMILES string of the molecule is O=C(O)C(NCC1CCCO1)c1cc(Cl)ccc1O. The molecule has 2 unspecified atom stereocenters. The van der Waals surface area contributed by atoms with Crippen LogP contribution in [-0.4, -0.2) is 35.4 Å². The molecular weight excluding hydrogens is 270 g/mol. The fourth-order valence-electron chi connectivity index (χ4n) is 2.14. The highest BCUT2D eigenvalue weighted by Crippen LogP contribution is 2.28. The molecule has 1 heterocycles. The van der Waals surface area contributed by atoms with Crippen LogP contribution >= 0.6 is 11.6 Å². The molecule has 3 N–H and O–H groups in total. The van der Waals surface area contributed by atoms with E-state index in [0.717, 1.165) is 12.8 Å². The van der Waals surface area contributed by atoms with Crippen molar-refractivity contribution in [1.82, 2.24) is 5.32 Å². The number of aromatic hydroxyl groups is 1. The van der Waals surface area contributed by atoms with Gasteiger partial charge in [-0.3, -0.25) is 10.1 Å². The maximum atomic E-state index is 11.3. The molecule has 19 heavy (non-hydrogen) atoms. The van der Waals surface area contributed by atoms with Gasteiger partial charge in [0.05, 0.1) is 6.10 Å². The zero-order valence-electron chi connectivity index (χ0n) is 10.3. The summed E-state index contributed by atoms with van der Waals surface area (Å²) in [4.78, 5) is 11.3. The van der Waals surface area contributed by atoms with E-state index in [2.05, 4.69) is 5.32 Å². The lowest BCUT2D eigenvalue weighted by atomic mass is 10.1. The monoisotopic (exact) mass is 285 g/mol. The van der Waals surface area contributed by atoms with Gasteiger partial charge in [0.15, 0.2) is 0 Å². The smallest absolute Gasteiger partial charge is 0.325 e. The van der Waals surface area contributed by atoms with Crippen LogP contribution in [0.1, 0.15) is 24.4 Å². The minimum absolute atomic E-state index is 0.0307.